The fraction of sp³-hybridized carbons (Fsp3) is 0.471. The minimum atomic E-state index is -0.203. The number of ether oxygens (including phenoxy) is 1. The first kappa shape index (κ1) is 17.8. The lowest BCUT2D eigenvalue weighted by Crippen LogP contribution is -2.42. The summed E-state index contributed by atoms with van der Waals surface area (Å²) in [6, 6.07) is 7.65. The standard InChI is InChI=1S/C17H25N5O2/c1-12(5-6-14-7-9-15(24-4)10-8-14)19-17(23)20-13(2)16-21-18-11-22(16)3/h7-13H,5-6H2,1-4H3,(H2,19,20,23). The van der Waals surface area contributed by atoms with Crippen molar-refractivity contribution in [2.75, 3.05) is 7.11 Å². The van der Waals surface area contributed by atoms with Crippen LogP contribution in [0.3, 0.4) is 0 Å². The number of benzene rings is 1. The maximum absolute atomic E-state index is 12.1. The van der Waals surface area contributed by atoms with Crippen LogP contribution in [-0.4, -0.2) is 33.9 Å². The van der Waals surface area contributed by atoms with Gasteiger partial charge in [-0.1, -0.05) is 12.1 Å². The van der Waals surface area contributed by atoms with Crippen molar-refractivity contribution in [2.24, 2.45) is 7.05 Å². The Hall–Kier alpha value is -2.57. The molecule has 2 aromatic rings. The van der Waals surface area contributed by atoms with Gasteiger partial charge in [0.25, 0.3) is 0 Å². The number of rotatable bonds is 7. The Balaban J connectivity index is 1.75. The van der Waals surface area contributed by atoms with Crippen molar-refractivity contribution in [1.82, 2.24) is 25.4 Å². The molecule has 1 heterocycles. The van der Waals surface area contributed by atoms with Gasteiger partial charge in [-0.15, -0.1) is 10.2 Å². The normalized spacial score (nSPS) is 13.2. The quantitative estimate of drug-likeness (QED) is 0.815. The smallest absolute Gasteiger partial charge is 0.315 e. The molecule has 0 aliphatic heterocycles. The third-order valence-corrected chi connectivity index (χ3v) is 3.88. The zero-order valence-corrected chi connectivity index (χ0v) is 14.6. The van der Waals surface area contributed by atoms with Crippen LogP contribution in [0.25, 0.3) is 0 Å². The molecule has 7 heteroatoms. The monoisotopic (exact) mass is 331 g/mol. The Bertz CT molecular complexity index is 653. The number of hydrogen-bond acceptors (Lipinski definition) is 4. The fourth-order valence-corrected chi connectivity index (χ4v) is 2.46. The Morgan fingerprint density at radius 2 is 1.96 bits per heavy atom. The lowest BCUT2D eigenvalue weighted by molar-refractivity contribution is 0.233. The van der Waals surface area contributed by atoms with Gasteiger partial charge in [0.1, 0.15) is 12.1 Å². The Morgan fingerprint density at radius 1 is 1.25 bits per heavy atom. The summed E-state index contributed by atoms with van der Waals surface area (Å²) in [7, 11) is 3.50. The van der Waals surface area contributed by atoms with E-state index in [4.69, 9.17) is 4.74 Å². The van der Waals surface area contributed by atoms with Crippen LogP contribution in [0, 0.1) is 0 Å². The van der Waals surface area contributed by atoms with E-state index in [2.05, 4.69) is 20.8 Å². The molecule has 0 spiro atoms. The van der Waals surface area contributed by atoms with Gasteiger partial charge in [0, 0.05) is 13.1 Å². The van der Waals surface area contributed by atoms with E-state index in [9.17, 15) is 4.79 Å². The minimum Gasteiger partial charge on any atom is -0.497 e. The van der Waals surface area contributed by atoms with Crippen LogP contribution < -0.4 is 15.4 Å². The number of nitrogens with zero attached hydrogens (tertiary/aromatic N) is 3. The topological polar surface area (TPSA) is 81.1 Å². The number of hydrogen-bond donors (Lipinski definition) is 2. The summed E-state index contributed by atoms with van der Waals surface area (Å²) >= 11 is 0. The maximum Gasteiger partial charge on any atom is 0.315 e. The number of aromatic nitrogens is 3. The van der Waals surface area contributed by atoms with Crippen molar-refractivity contribution in [1.29, 1.82) is 0 Å². The third kappa shape index (κ3) is 4.97. The summed E-state index contributed by atoms with van der Waals surface area (Å²) in [6.07, 6.45) is 3.37. The van der Waals surface area contributed by atoms with Gasteiger partial charge >= 0.3 is 6.03 Å². The zero-order chi connectivity index (χ0) is 17.5. The highest BCUT2D eigenvalue weighted by Gasteiger charge is 2.15. The second kappa shape index (κ2) is 8.33. The molecule has 0 fully saturated rings. The van der Waals surface area contributed by atoms with Crippen molar-refractivity contribution in [3.8, 4) is 5.75 Å². The van der Waals surface area contributed by atoms with Crippen LogP contribution in [0.1, 0.15) is 37.7 Å². The van der Waals surface area contributed by atoms with Crippen LogP contribution in [0.4, 0.5) is 4.79 Å². The van der Waals surface area contributed by atoms with E-state index < -0.39 is 0 Å². The SMILES string of the molecule is COc1ccc(CCC(C)NC(=O)NC(C)c2nncn2C)cc1. The molecule has 130 valence electrons. The molecule has 7 nitrogen and oxygen atoms in total. The molecule has 0 radical (unpaired) electrons. The summed E-state index contributed by atoms with van der Waals surface area (Å²) in [5.41, 5.74) is 1.22. The van der Waals surface area contributed by atoms with Gasteiger partial charge < -0.3 is 19.9 Å². The van der Waals surface area contributed by atoms with Gasteiger partial charge in [-0.05, 0) is 44.4 Å². The lowest BCUT2D eigenvalue weighted by atomic mass is 10.1. The molecule has 0 aliphatic carbocycles. The lowest BCUT2D eigenvalue weighted by Gasteiger charge is -2.18. The van der Waals surface area contributed by atoms with Crippen molar-refractivity contribution in [2.45, 2.75) is 38.8 Å². The van der Waals surface area contributed by atoms with E-state index in [0.717, 1.165) is 24.4 Å². The highest BCUT2D eigenvalue weighted by Crippen LogP contribution is 2.13. The number of carbonyl (C=O) groups is 1. The first-order valence-corrected chi connectivity index (χ1v) is 8.03. The number of methoxy groups -OCH3 is 1. The van der Waals surface area contributed by atoms with Crippen LogP contribution in [0.5, 0.6) is 5.75 Å². The Labute approximate surface area is 142 Å². The van der Waals surface area contributed by atoms with Crippen LogP contribution in [-0.2, 0) is 13.5 Å². The van der Waals surface area contributed by atoms with Crippen LogP contribution >= 0.6 is 0 Å². The molecule has 0 aliphatic rings. The zero-order valence-electron chi connectivity index (χ0n) is 14.6. The number of nitrogens with one attached hydrogen (secondary N) is 2. The van der Waals surface area contributed by atoms with Gasteiger partial charge in [0.05, 0.1) is 13.2 Å². The van der Waals surface area contributed by atoms with Crippen molar-refractivity contribution < 1.29 is 9.53 Å². The Kier molecular flexibility index (Phi) is 6.17. The second-order valence-electron chi connectivity index (χ2n) is 5.93. The van der Waals surface area contributed by atoms with Gasteiger partial charge in [0.15, 0.2) is 5.82 Å². The largest absolute Gasteiger partial charge is 0.497 e. The summed E-state index contributed by atoms with van der Waals surface area (Å²) < 4.78 is 6.94. The van der Waals surface area contributed by atoms with E-state index in [1.165, 1.54) is 5.56 Å². The second-order valence-corrected chi connectivity index (χ2v) is 5.93. The summed E-state index contributed by atoms with van der Waals surface area (Å²) in [5, 5.41) is 13.6. The van der Waals surface area contributed by atoms with Crippen molar-refractivity contribution in [3.05, 3.63) is 42.0 Å². The molecular formula is C17H25N5O2. The number of amides is 2. The van der Waals surface area contributed by atoms with Gasteiger partial charge in [-0.2, -0.15) is 0 Å². The number of urea groups is 1. The molecule has 2 amide bonds. The summed E-state index contributed by atoms with van der Waals surface area (Å²) in [6.45, 7) is 3.88. The van der Waals surface area contributed by atoms with Gasteiger partial charge in [-0.25, -0.2) is 4.79 Å². The first-order valence-electron chi connectivity index (χ1n) is 8.03. The molecule has 2 N–H and O–H groups in total. The molecule has 2 atom stereocenters. The number of aryl methyl sites for hydroxylation is 2. The van der Waals surface area contributed by atoms with E-state index in [-0.39, 0.29) is 18.1 Å². The summed E-state index contributed by atoms with van der Waals surface area (Å²) in [5.74, 6) is 1.57. The molecule has 2 unspecified atom stereocenters. The van der Waals surface area contributed by atoms with Crippen molar-refractivity contribution in [3.63, 3.8) is 0 Å². The van der Waals surface area contributed by atoms with Gasteiger partial charge in [-0.3, -0.25) is 0 Å². The first-order chi connectivity index (χ1) is 11.5. The maximum atomic E-state index is 12.1. The van der Waals surface area contributed by atoms with E-state index in [1.54, 1.807) is 18.0 Å². The molecule has 1 aromatic heterocycles. The highest BCUT2D eigenvalue weighted by atomic mass is 16.5. The molecule has 0 bridgehead atoms. The average molecular weight is 331 g/mol. The summed E-state index contributed by atoms with van der Waals surface area (Å²) in [4.78, 5) is 12.1. The molecular weight excluding hydrogens is 306 g/mol. The third-order valence-electron chi connectivity index (χ3n) is 3.88. The Morgan fingerprint density at radius 3 is 2.54 bits per heavy atom. The van der Waals surface area contributed by atoms with Crippen molar-refractivity contribution >= 4 is 6.03 Å². The average Bonchev–Trinajstić information content (AvgIpc) is 2.99. The minimum absolute atomic E-state index is 0.0683. The van der Waals surface area contributed by atoms with Crippen LogP contribution in [0.2, 0.25) is 0 Å². The molecule has 0 saturated carbocycles. The van der Waals surface area contributed by atoms with E-state index in [1.807, 2.05) is 45.2 Å². The predicted octanol–water partition coefficient (Wildman–Crippen LogP) is 2.21. The molecule has 24 heavy (non-hydrogen) atoms. The van der Waals surface area contributed by atoms with E-state index >= 15 is 0 Å². The predicted molar refractivity (Wildman–Crippen MR) is 91.9 cm³/mol. The number of carbonyl (C=O) groups excluding carboxylic acids is 1. The van der Waals surface area contributed by atoms with E-state index in [0.29, 0.717) is 0 Å². The fourth-order valence-electron chi connectivity index (χ4n) is 2.46. The molecule has 0 saturated heterocycles. The van der Waals surface area contributed by atoms with Gasteiger partial charge in [0.2, 0.25) is 0 Å². The highest BCUT2D eigenvalue weighted by molar-refractivity contribution is 5.74. The van der Waals surface area contributed by atoms with Crippen LogP contribution in [0.15, 0.2) is 30.6 Å². The molecule has 2 rings (SSSR count). The molecule has 1 aromatic carbocycles.